The molecule has 13 heteroatoms. The second-order valence-electron chi connectivity index (χ2n) is 11.8. The molecular weight excluding hydrogens is 644 g/mol. The number of nitrogens with two attached hydrogens (primary N) is 1. The fourth-order valence-electron chi connectivity index (χ4n) is 7.30. The van der Waals surface area contributed by atoms with Crippen molar-refractivity contribution in [3.63, 3.8) is 0 Å². The molecule has 0 saturated heterocycles. The van der Waals surface area contributed by atoms with Crippen LogP contribution in [0.4, 0.5) is 0 Å². The number of fused-ring (bicyclic) bond motifs is 3. The zero-order chi connectivity index (χ0) is 31.4. The fourth-order valence-corrected chi connectivity index (χ4v) is 9.15. The minimum Gasteiger partial charge on any atom is -0.510 e. The number of amides is 1. The Kier molecular flexibility index (Phi) is 8.73. The quantitative estimate of drug-likeness (QED) is 0.154. The highest BCUT2D eigenvalue weighted by atomic mass is 79.9. The van der Waals surface area contributed by atoms with E-state index < -0.39 is 76.0 Å². The number of carbonyl (C=O) groups is 4. The topological polar surface area (TPSA) is 188 Å². The van der Waals surface area contributed by atoms with Crippen molar-refractivity contribution in [2.45, 2.75) is 61.0 Å². The summed E-state index contributed by atoms with van der Waals surface area (Å²) in [5, 5.41) is 46.7. The van der Waals surface area contributed by atoms with E-state index in [9.17, 15) is 39.6 Å². The molecule has 4 aliphatic rings. The Bertz CT molecular complexity index is 1440. The largest absolute Gasteiger partial charge is 0.510 e. The molecule has 0 aromatic heterocycles. The smallest absolute Gasteiger partial charge is 0.306 e. The van der Waals surface area contributed by atoms with Crippen LogP contribution in [-0.2, 0) is 19.1 Å². The number of phenolic OH excluding ortho intramolecular Hbond substituents is 1. The number of benzene rings is 1. The number of rotatable bonds is 8. The van der Waals surface area contributed by atoms with Crippen LogP contribution in [0.25, 0.3) is 0 Å². The normalized spacial score (nSPS) is 30.8. The summed E-state index contributed by atoms with van der Waals surface area (Å²) in [6, 6.07) is 3.33. The number of alkyl halides is 1. The maximum Gasteiger partial charge on any atom is 0.306 e. The zero-order valence-corrected chi connectivity index (χ0v) is 26.2. The standard InChI is InChI=1S/C30H35BrN2O9S/c1-33(2)23-22-26(42-17(35)10-11-31)19-15(12-43-13-6-3-4-7-13)14-8-5-9-16(34)18(14)24(36)20(19)27(38)30(22,41)28(39)21(25(23)37)29(32)40/h5,8-9,13,15,19,22-23,26,34,37-38,41H,3-4,6-7,10-12H2,1-2H3,(H2,32,40)/t15-,19+,22+,23-,26-,30-/m0/s1. The summed E-state index contributed by atoms with van der Waals surface area (Å²) in [7, 11) is 3.05. The van der Waals surface area contributed by atoms with Crippen LogP contribution in [0.1, 0.15) is 53.9 Å². The highest BCUT2D eigenvalue weighted by Crippen LogP contribution is 2.57. The number of nitrogens with zero attached hydrogens (tertiary/aromatic N) is 1. The third-order valence-electron chi connectivity index (χ3n) is 9.15. The fraction of sp³-hybridized carbons (Fsp3) is 0.533. The van der Waals surface area contributed by atoms with E-state index in [1.165, 1.54) is 25.1 Å². The Morgan fingerprint density at radius 3 is 2.44 bits per heavy atom. The molecule has 0 heterocycles. The molecule has 0 aliphatic heterocycles. The maximum atomic E-state index is 14.1. The number of aromatic hydroxyl groups is 1. The number of esters is 1. The number of primary amides is 1. The Labute approximate surface area is 261 Å². The summed E-state index contributed by atoms with van der Waals surface area (Å²) in [6.07, 6.45) is 2.72. The lowest BCUT2D eigenvalue weighted by Crippen LogP contribution is -2.69. The minimum absolute atomic E-state index is 0.0779. The number of carbonyl (C=O) groups excluding carboxylic acids is 4. The van der Waals surface area contributed by atoms with Gasteiger partial charge in [-0.15, -0.1) is 0 Å². The summed E-state index contributed by atoms with van der Waals surface area (Å²) < 4.78 is 6.03. The van der Waals surface area contributed by atoms with Crippen LogP contribution in [0.2, 0.25) is 0 Å². The van der Waals surface area contributed by atoms with Gasteiger partial charge in [0.15, 0.2) is 11.4 Å². The van der Waals surface area contributed by atoms with Crippen LogP contribution in [0.5, 0.6) is 5.75 Å². The minimum atomic E-state index is -2.96. The van der Waals surface area contributed by atoms with Gasteiger partial charge >= 0.3 is 5.97 Å². The van der Waals surface area contributed by atoms with Crippen molar-refractivity contribution in [1.29, 1.82) is 0 Å². The molecule has 1 aromatic carbocycles. The van der Waals surface area contributed by atoms with Crippen molar-refractivity contribution >= 4 is 51.1 Å². The van der Waals surface area contributed by atoms with Crippen LogP contribution >= 0.6 is 27.7 Å². The number of ether oxygens (including phenoxy) is 1. The number of aliphatic hydroxyl groups is 3. The van der Waals surface area contributed by atoms with Crippen LogP contribution in [0.3, 0.4) is 0 Å². The van der Waals surface area contributed by atoms with Crippen LogP contribution in [-0.4, -0.2) is 96.9 Å². The first-order valence-corrected chi connectivity index (χ1v) is 16.4. The molecule has 6 N–H and O–H groups in total. The van der Waals surface area contributed by atoms with E-state index >= 15 is 0 Å². The lowest BCUT2D eigenvalue weighted by atomic mass is 9.55. The third kappa shape index (κ3) is 4.98. The number of thioether (sulfide) groups is 1. The number of Topliss-reactive ketones (excluding diaryl/α,β-unsaturated/α-hetero) is 2. The SMILES string of the molecule is CN(C)[C@@H]1C(O)=C(C(N)=O)C(=O)[C@@]2(O)C(O)=C3C(=O)c4c(O)cccc4[C@H](CSC4CCCC4)[C@H]3[C@H](OC(=O)CCBr)[C@@H]12. The first-order valence-electron chi connectivity index (χ1n) is 14.2. The van der Waals surface area contributed by atoms with Gasteiger partial charge in [-0.05, 0) is 38.6 Å². The molecule has 6 atom stereocenters. The highest BCUT2D eigenvalue weighted by Gasteiger charge is 2.69. The molecule has 43 heavy (non-hydrogen) atoms. The molecule has 1 saturated carbocycles. The van der Waals surface area contributed by atoms with Gasteiger partial charge in [-0.3, -0.25) is 24.1 Å². The average Bonchev–Trinajstić information content (AvgIpc) is 3.45. The Morgan fingerprint density at radius 2 is 1.84 bits per heavy atom. The van der Waals surface area contributed by atoms with Gasteiger partial charge in [0.25, 0.3) is 5.91 Å². The number of ketones is 2. The number of phenols is 1. The number of halogens is 1. The van der Waals surface area contributed by atoms with Crippen molar-refractivity contribution < 1.29 is 44.3 Å². The summed E-state index contributed by atoms with van der Waals surface area (Å²) >= 11 is 4.90. The molecule has 5 rings (SSSR count). The third-order valence-corrected chi connectivity index (χ3v) is 11.0. The Morgan fingerprint density at radius 1 is 1.16 bits per heavy atom. The first-order chi connectivity index (χ1) is 20.4. The van der Waals surface area contributed by atoms with Gasteiger partial charge in [-0.2, -0.15) is 11.8 Å². The van der Waals surface area contributed by atoms with Gasteiger partial charge < -0.3 is 30.9 Å². The molecule has 232 valence electrons. The summed E-state index contributed by atoms with van der Waals surface area (Å²) in [5.74, 6) is -9.12. The Balaban J connectivity index is 1.80. The van der Waals surface area contributed by atoms with E-state index in [0.717, 1.165) is 25.7 Å². The number of hydrogen-bond acceptors (Lipinski definition) is 11. The van der Waals surface area contributed by atoms with Crippen molar-refractivity contribution in [1.82, 2.24) is 4.90 Å². The lowest BCUT2D eigenvalue weighted by Gasteiger charge is -2.54. The molecule has 1 fully saturated rings. The summed E-state index contributed by atoms with van der Waals surface area (Å²) in [4.78, 5) is 54.9. The second kappa shape index (κ2) is 11.9. The van der Waals surface area contributed by atoms with E-state index in [1.807, 2.05) is 0 Å². The van der Waals surface area contributed by atoms with Gasteiger partial charge in [0, 0.05) is 33.7 Å². The molecule has 0 spiro atoms. The maximum absolute atomic E-state index is 14.1. The van der Waals surface area contributed by atoms with Gasteiger partial charge in [-0.25, -0.2) is 0 Å². The molecule has 11 nitrogen and oxygen atoms in total. The van der Waals surface area contributed by atoms with Crippen molar-refractivity contribution in [2.75, 3.05) is 25.2 Å². The molecule has 1 aromatic rings. The van der Waals surface area contributed by atoms with Crippen molar-refractivity contribution in [3.8, 4) is 5.75 Å². The number of likely N-dealkylation sites (N-methyl/N-ethyl adjacent to an activating group) is 1. The number of aliphatic hydroxyl groups excluding tert-OH is 2. The van der Waals surface area contributed by atoms with Crippen molar-refractivity contribution in [3.05, 3.63) is 52.0 Å². The molecule has 1 amide bonds. The van der Waals surface area contributed by atoms with Gasteiger partial charge in [0.2, 0.25) is 5.78 Å². The summed E-state index contributed by atoms with van der Waals surface area (Å²) in [5.41, 5.74) is 1.61. The van der Waals surface area contributed by atoms with E-state index in [0.29, 0.717) is 16.6 Å². The molecule has 0 unspecified atom stereocenters. The van der Waals surface area contributed by atoms with Crippen LogP contribution in [0.15, 0.2) is 40.9 Å². The van der Waals surface area contributed by atoms with Crippen LogP contribution < -0.4 is 5.73 Å². The highest BCUT2D eigenvalue weighted by molar-refractivity contribution is 9.09. The predicted molar refractivity (Wildman–Crippen MR) is 161 cm³/mol. The van der Waals surface area contributed by atoms with E-state index in [-0.39, 0.29) is 28.6 Å². The van der Waals surface area contributed by atoms with Gasteiger partial charge in [0.1, 0.15) is 28.9 Å². The first kappa shape index (κ1) is 31.6. The average molecular weight is 680 g/mol. The van der Waals surface area contributed by atoms with E-state index in [1.54, 1.807) is 23.9 Å². The predicted octanol–water partition coefficient (Wildman–Crippen LogP) is 2.64. The second-order valence-corrected chi connectivity index (χ2v) is 13.9. The van der Waals surface area contributed by atoms with E-state index in [2.05, 4.69) is 15.9 Å². The monoisotopic (exact) mass is 678 g/mol. The van der Waals surface area contributed by atoms with Crippen molar-refractivity contribution in [2.24, 2.45) is 17.6 Å². The number of hydrogen-bond donors (Lipinski definition) is 5. The lowest BCUT2D eigenvalue weighted by molar-refractivity contribution is -0.180. The molecule has 0 radical (unpaired) electrons. The molecule has 0 bridgehead atoms. The molecular formula is C30H35BrN2O9S. The van der Waals surface area contributed by atoms with Gasteiger partial charge in [-0.1, -0.05) is 40.9 Å². The van der Waals surface area contributed by atoms with Crippen LogP contribution in [0, 0.1) is 11.8 Å². The summed E-state index contributed by atoms with van der Waals surface area (Å²) in [6.45, 7) is 0. The zero-order valence-electron chi connectivity index (χ0n) is 23.8. The van der Waals surface area contributed by atoms with E-state index in [4.69, 9.17) is 10.5 Å². The molecule has 4 aliphatic carbocycles. The Hall–Kier alpha value is -2.87. The van der Waals surface area contributed by atoms with Gasteiger partial charge in [0.05, 0.1) is 23.9 Å².